The van der Waals surface area contributed by atoms with Crippen molar-refractivity contribution in [1.29, 1.82) is 0 Å². The predicted octanol–water partition coefficient (Wildman–Crippen LogP) is 6.07. The van der Waals surface area contributed by atoms with Gasteiger partial charge in [-0.25, -0.2) is 9.37 Å². The van der Waals surface area contributed by atoms with Crippen molar-refractivity contribution >= 4 is 11.5 Å². The molecule has 0 spiro atoms. The van der Waals surface area contributed by atoms with Gasteiger partial charge in [-0.2, -0.15) is 9.61 Å². The van der Waals surface area contributed by atoms with Gasteiger partial charge in [0, 0.05) is 29.9 Å². The lowest BCUT2D eigenvalue weighted by Gasteiger charge is -2.28. The maximum absolute atomic E-state index is 13.6. The second-order valence-corrected chi connectivity index (χ2v) is 10.0. The first-order valence-corrected chi connectivity index (χ1v) is 12.6. The summed E-state index contributed by atoms with van der Waals surface area (Å²) in [5.74, 6) is 2.52. The van der Waals surface area contributed by atoms with Crippen molar-refractivity contribution in [2.45, 2.75) is 52.5 Å². The Morgan fingerprint density at radius 3 is 2.60 bits per heavy atom. The molecule has 0 atom stereocenters. The molecule has 0 N–H and O–H groups in total. The van der Waals surface area contributed by atoms with Crippen molar-refractivity contribution < 1.29 is 9.13 Å². The number of anilines is 1. The Morgan fingerprint density at radius 2 is 1.89 bits per heavy atom. The number of hydrogen-bond donors (Lipinski definition) is 0. The van der Waals surface area contributed by atoms with Crippen molar-refractivity contribution in [2.24, 2.45) is 5.92 Å². The molecular formula is C29H31FN4O. The Kier molecular flexibility index (Phi) is 5.47. The molecule has 2 heterocycles. The van der Waals surface area contributed by atoms with Crippen molar-refractivity contribution in [1.82, 2.24) is 14.6 Å². The summed E-state index contributed by atoms with van der Waals surface area (Å²) >= 11 is 0. The largest absolute Gasteiger partial charge is 0.497 e. The molecule has 0 unspecified atom stereocenters. The van der Waals surface area contributed by atoms with Crippen molar-refractivity contribution in [2.75, 3.05) is 18.6 Å². The van der Waals surface area contributed by atoms with E-state index in [1.807, 2.05) is 18.2 Å². The Balaban J connectivity index is 1.53. The van der Waals surface area contributed by atoms with Gasteiger partial charge in [-0.15, -0.1) is 0 Å². The molecule has 2 aromatic carbocycles. The van der Waals surface area contributed by atoms with Gasteiger partial charge in [-0.05, 0) is 92.8 Å². The number of hydrogen-bond acceptors (Lipinski definition) is 4. The van der Waals surface area contributed by atoms with Crippen molar-refractivity contribution in [3.05, 3.63) is 76.4 Å². The Bertz CT molecular complexity index is 1400. The fraction of sp³-hybridized carbons (Fsp3) is 0.379. The van der Waals surface area contributed by atoms with E-state index in [2.05, 4.69) is 35.4 Å². The number of ether oxygens (including phenoxy) is 1. The van der Waals surface area contributed by atoms with E-state index in [1.165, 1.54) is 29.9 Å². The van der Waals surface area contributed by atoms with Crippen LogP contribution in [0.4, 0.5) is 10.2 Å². The van der Waals surface area contributed by atoms with Crippen LogP contribution >= 0.6 is 0 Å². The third-order valence-electron chi connectivity index (χ3n) is 7.40. The molecule has 5 nitrogen and oxygen atoms in total. The maximum atomic E-state index is 13.6. The number of aryl methyl sites for hydroxylation is 3. The molecule has 180 valence electrons. The average molecular weight is 471 g/mol. The smallest absolute Gasteiger partial charge is 0.165 e. The number of halogens is 1. The zero-order chi connectivity index (χ0) is 24.1. The number of rotatable bonds is 7. The molecule has 6 rings (SSSR count). The molecule has 2 aliphatic rings. The number of aromatic nitrogens is 3. The number of nitrogens with zero attached hydrogens (tertiary/aromatic N) is 4. The summed E-state index contributed by atoms with van der Waals surface area (Å²) < 4.78 is 21.1. The van der Waals surface area contributed by atoms with Crippen LogP contribution < -0.4 is 9.64 Å². The highest BCUT2D eigenvalue weighted by atomic mass is 19.1. The SMILES string of the molecule is COc1ccc(-c2c(C)nn3c(N(Cc4ccc(F)cc4)CC4CC4)c4c(nc23)CCC4)c(C)c1. The van der Waals surface area contributed by atoms with E-state index in [4.69, 9.17) is 14.8 Å². The van der Waals surface area contributed by atoms with E-state index in [0.29, 0.717) is 5.92 Å². The molecule has 35 heavy (non-hydrogen) atoms. The average Bonchev–Trinajstić information content (AvgIpc) is 3.44. The first-order valence-electron chi connectivity index (χ1n) is 12.6. The minimum Gasteiger partial charge on any atom is -0.497 e. The molecule has 0 radical (unpaired) electrons. The zero-order valence-corrected chi connectivity index (χ0v) is 20.6. The van der Waals surface area contributed by atoms with Crippen LogP contribution in [0.15, 0.2) is 42.5 Å². The molecule has 2 aliphatic carbocycles. The summed E-state index contributed by atoms with van der Waals surface area (Å²) in [6.07, 6.45) is 5.67. The molecule has 0 aliphatic heterocycles. The van der Waals surface area contributed by atoms with E-state index in [1.54, 1.807) is 19.2 Å². The van der Waals surface area contributed by atoms with Crippen LogP contribution in [0.2, 0.25) is 0 Å². The zero-order valence-electron chi connectivity index (χ0n) is 20.6. The molecule has 0 amide bonds. The first-order chi connectivity index (χ1) is 17.0. The minimum atomic E-state index is -0.197. The summed E-state index contributed by atoms with van der Waals surface area (Å²) in [7, 11) is 1.70. The summed E-state index contributed by atoms with van der Waals surface area (Å²) in [4.78, 5) is 7.66. The second kappa shape index (κ2) is 8.67. The third kappa shape index (κ3) is 4.05. The highest BCUT2D eigenvalue weighted by Crippen LogP contribution is 2.40. The van der Waals surface area contributed by atoms with Crippen LogP contribution in [0.5, 0.6) is 5.75 Å². The van der Waals surface area contributed by atoms with E-state index >= 15 is 0 Å². The molecule has 0 saturated heterocycles. The molecule has 1 saturated carbocycles. The van der Waals surface area contributed by atoms with Gasteiger partial charge in [-0.1, -0.05) is 18.2 Å². The lowest BCUT2D eigenvalue weighted by molar-refractivity contribution is 0.414. The molecular weight excluding hydrogens is 439 g/mol. The molecule has 0 bridgehead atoms. The summed E-state index contributed by atoms with van der Waals surface area (Å²) in [6.45, 7) is 5.91. The fourth-order valence-corrected chi connectivity index (χ4v) is 5.45. The normalized spacial score (nSPS) is 15.0. The quantitative estimate of drug-likeness (QED) is 0.329. The molecule has 6 heteroatoms. The standard InChI is InChI=1S/C29H31FN4O/c1-18-15-23(35-3)13-14-24(18)27-19(2)32-34-28(27)31-26-6-4-5-25(26)29(34)33(16-20-7-8-20)17-21-9-11-22(30)12-10-21/h9-15,20H,4-8,16-17H2,1-3H3. The van der Waals surface area contributed by atoms with Crippen LogP contribution in [0.3, 0.4) is 0 Å². The lowest BCUT2D eigenvalue weighted by Crippen LogP contribution is -2.29. The Morgan fingerprint density at radius 1 is 1.09 bits per heavy atom. The van der Waals surface area contributed by atoms with Gasteiger partial charge in [0.1, 0.15) is 17.4 Å². The number of fused-ring (bicyclic) bond motifs is 2. The fourth-order valence-electron chi connectivity index (χ4n) is 5.45. The number of methoxy groups -OCH3 is 1. The Labute approximate surface area is 205 Å². The van der Waals surface area contributed by atoms with Gasteiger partial charge in [0.2, 0.25) is 0 Å². The highest BCUT2D eigenvalue weighted by Gasteiger charge is 2.31. The van der Waals surface area contributed by atoms with Gasteiger partial charge in [-0.3, -0.25) is 0 Å². The summed E-state index contributed by atoms with van der Waals surface area (Å²) in [5, 5.41) is 5.08. The van der Waals surface area contributed by atoms with E-state index in [0.717, 1.165) is 71.7 Å². The molecule has 1 fully saturated rings. The second-order valence-electron chi connectivity index (χ2n) is 10.0. The van der Waals surface area contributed by atoms with Crippen LogP contribution in [-0.2, 0) is 19.4 Å². The van der Waals surface area contributed by atoms with Crippen LogP contribution in [0.25, 0.3) is 16.8 Å². The first kappa shape index (κ1) is 22.1. The molecule has 4 aromatic rings. The summed E-state index contributed by atoms with van der Waals surface area (Å²) in [6, 6.07) is 13.1. The predicted molar refractivity (Wildman–Crippen MR) is 137 cm³/mol. The lowest BCUT2D eigenvalue weighted by atomic mass is 10.0. The van der Waals surface area contributed by atoms with Gasteiger partial charge >= 0.3 is 0 Å². The maximum Gasteiger partial charge on any atom is 0.165 e. The monoisotopic (exact) mass is 470 g/mol. The van der Waals surface area contributed by atoms with Crippen molar-refractivity contribution in [3.63, 3.8) is 0 Å². The van der Waals surface area contributed by atoms with Crippen LogP contribution in [-0.4, -0.2) is 28.3 Å². The van der Waals surface area contributed by atoms with E-state index in [-0.39, 0.29) is 5.82 Å². The van der Waals surface area contributed by atoms with Crippen LogP contribution in [0.1, 0.15) is 47.3 Å². The van der Waals surface area contributed by atoms with Crippen LogP contribution in [0, 0.1) is 25.6 Å². The van der Waals surface area contributed by atoms with Crippen molar-refractivity contribution in [3.8, 4) is 16.9 Å². The topological polar surface area (TPSA) is 42.7 Å². The van der Waals surface area contributed by atoms with Gasteiger partial charge in [0.05, 0.1) is 12.8 Å². The van der Waals surface area contributed by atoms with Gasteiger partial charge < -0.3 is 9.64 Å². The molecule has 2 aromatic heterocycles. The minimum absolute atomic E-state index is 0.197. The highest BCUT2D eigenvalue weighted by molar-refractivity contribution is 5.83. The van der Waals surface area contributed by atoms with Gasteiger partial charge in [0.25, 0.3) is 0 Å². The third-order valence-corrected chi connectivity index (χ3v) is 7.40. The van der Waals surface area contributed by atoms with E-state index in [9.17, 15) is 4.39 Å². The summed E-state index contributed by atoms with van der Waals surface area (Å²) in [5.41, 5.74) is 8.90. The Hall–Kier alpha value is -3.41. The van der Waals surface area contributed by atoms with Gasteiger partial charge in [0.15, 0.2) is 5.65 Å². The van der Waals surface area contributed by atoms with E-state index < -0.39 is 0 Å². The number of benzene rings is 2.